The average molecular weight is 424 g/mol. The number of aromatic nitrogens is 3. The number of thioether (sulfide) groups is 1. The molecule has 0 saturated carbocycles. The van der Waals surface area contributed by atoms with Gasteiger partial charge in [-0.1, -0.05) is 36.0 Å². The lowest BCUT2D eigenvalue weighted by molar-refractivity contribution is -0.113. The molecular weight excluding hydrogens is 394 g/mol. The zero-order chi connectivity index (χ0) is 21.7. The number of carbonyl (C=O) groups is 1. The predicted molar refractivity (Wildman–Crippen MR) is 125 cm³/mol. The Bertz CT molecular complexity index is 997. The summed E-state index contributed by atoms with van der Waals surface area (Å²) >= 11 is 1.38. The second-order valence-electron chi connectivity index (χ2n) is 7.44. The van der Waals surface area contributed by atoms with Crippen LogP contribution in [0.1, 0.15) is 26.3 Å². The number of hydrogen-bond acceptors (Lipinski definition) is 5. The van der Waals surface area contributed by atoms with Crippen molar-refractivity contribution in [1.82, 2.24) is 14.8 Å². The van der Waals surface area contributed by atoms with Gasteiger partial charge in [-0.3, -0.25) is 4.79 Å². The molecule has 1 N–H and O–H groups in total. The van der Waals surface area contributed by atoms with E-state index in [9.17, 15) is 4.79 Å². The van der Waals surface area contributed by atoms with E-state index >= 15 is 0 Å². The topological polar surface area (TPSA) is 63.1 Å². The van der Waals surface area contributed by atoms with Crippen LogP contribution in [0, 0.1) is 6.92 Å². The minimum Gasteiger partial charge on any atom is -0.369 e. The molecule has 30 heavy (non-hydrogen) atoms. The fourth-order valence-electron chi connectivity index (χ4n) is 3.41. The van der Waals surface area contributed by atoms with Crippen molar-refractivity contribution in [2.24, 2.45) is 7.05 Å². The number of amides is 1. The van der Waals surface area contributed by atoms with Gasteiger partial charge in [-0.05, 0) is 57.5 Å². The van der Waals surface area contributed by atoms with Crippen LogP contribution in [-0.4, -0.2) is 39.0 Å². The summed E-state index contributed by atoms with van der Waals surface area (Å²) in [4.78, 5) is 14.7. The van der Waals surface area contributed by atoms with Crippen molar-refractivity contribution >= 4 is 29.0 Å². The second kappa shape index (κ2) is 9.80. The number of hydrogen-bond donors (Lipinski definition) is 1. The molecule has 0 aliphatic heterocycles. The number of nitrogens with zero attached hydrogens (tertiary/aromatic N) is 4. The molecule has 0 saturated heterocycles. The highest BCUT2D eigenvalue weighted by Crippen LogP contribution is 2.25. The molecule has 0 fully saturated rings. The van der Waals surface area contributed by atoms with Gasteiger partial charge in [-0.15, -0.1) is 10.2 Å². The predicted octanol–water partition coefficient (Wildman–Crippen LogP) is 4.76. The van der Waals surface area contributed by atoms with E-state index in [1.54, 1.807) is 0 Å². The van der Waals surface area contributed by atoms with Crippen molar-refractivity contribution in [2.45, 2.75) is 38.9 Å². The number of carbonyl (C=O) groups excluding carboxylic acids is 1. The van der Waals surface area contributed by atoms with Crippen LogP contribution in [0.4, 0.5) is 11.4 Å². The standard InChI is InChI=1S/C23H29N5OS/c1-6-28(16(2)3)19-13-11-18(12-14-19)24-21(29)15-30-23-26-25-22(27(23)5)20-10-8-7-9-17(20)4/h7-14,16H,6,15H2,1-5H3,(H,24,29). The molecule has 0 bridgehead atoms. The maximum absolute atomic E-state index is 12.4. The highest BCUT2D eigenvalue weighted by Gasteiger charge is 2.14. The summed E-state index contributed by atoms with van der Waals surface area (Å²) in [5, 5.41) is 12.2. The third-order valence-corrected chi connectivity index (χ3v) is 6.02. The number of nitrogens with one attached hydrogen (secondary N) is 1. The maximum atomic E-state index is 12.4. The van der Waals surface area contributed by atoms with E-state index in [-0.39, 0.29) is 11.7 Å². The van der Waals surface area contributed by atoms with Crippen molar-refractivity contribution in [3.05, 3.63) is 54.1 Å². The molecular formula is C23H29N5OS. The quantitative estimate of drug-likeness (QED) is 0.530. The average Bonchev–Trinajstić information content (AvgIpc) is 3.08. The summed E-state index contributed by atoms with van der Waals surface area (Å²) < 4.78 is 1.93. The van der Waals surface area contributed by atoms with Crippen molar-refractivity contribution in [3.63, 3.8) is 0 Å². The molecule has 7 heteroatoms. The SMILES string of the molecule is CCN(c1ccc(NC(=O)CSc2nnc(-c3ccccc3C)n2C)cc1)C(C)C. The van der Waals surface area contributed by atoms with Crippen LogP contribution in [0.3, 0.4) is 0 Å². The zero-order valence-electron chi connectivity index (χ0n) is 18.2. The first-order valence-electron chi connectivity index (χ1n) is 10.2. The van der Waals surface area contributed by atoms with Crippen LogP contribution < -0.4 is 10.2 Å². The molecule has 1 amide bonds. The summed E-state index contributed by atoms with van der Waals surface area (Å²) in [5.74, 6) is 1.01. The van der Waals surface area contributed by atoms with E-state index < -0.39 is 0 Å². The van der Waals surface area contributed by atoms with Gasteiger partial charge in [0.1, 0.15) is 0 Å². The van der Waals surface area contributed by atoms with Gasteiger partial charge in [-0.25, -0.2) is 0 Å². The molecule has 0 radical (unpaired) electrons. The normalized spacial score (nSPS) is 11.0. The summed E-state index contributed by atoms with van der Waals surface area (Å²) in [6.07, 6.45) is 0. The minimum atomic E-state index is -0.0654. The smallest absolute Gasteiger partial charge is 0.234 e. The molecule has 3 rings (SSSR count). The largest absolute Gasteiger partial charge is 0.369 e. The third-order valence-electron chi connectivity index (χ3n) is 5.00. The van der Waals surface area contributed by atoms with Gasteiger partial charge in [0, 0.05) is 36.6 Å². The molecule has 1 heterocycles. The Hall–Kier alpha value is -2.80. The van der Waals surface area contributed by atoms with Gasteiger partial charge < -0.3 is 14.8 Å². The minimum absolute atomic E-state index is 0.0654. The van der Waals surface area contributed by atoms with Crippen LogP contribution >= 0.6 is 11.8 Å². The Labute approximate surface area is 182 Å². The number of benzene rings is 2. The first kappa shape index (κ1) is 21.9. The maximum Gasteiger partial charge on any atom is 0.234 e. The van der Waals surface area contributed by atoms with E-state index in [1.807, 2.05) is 54.1 Å². The molecule has 0 atom stereocenters. The first-order valence-corrected chi connectivity index (χ1v) is 11.1. The molecule has 2 aromatic carbocycles. The fourth-order valence-corrected chi connectivity index (χ4v) is 4.12. The molecule has 0 aliphatic carbocycles. The lowest BCUT2D eigenvalue weighted by Gasteiger charge is -2.27. The van der Waals surface area contributed by atoms with Gasteiger partial charge in [0.05, 0.1) is 5.75 Å². The number of anilines is 2. The van der Waals surface area contributed by atoms with Crippen LogP contribution in [0.2, 0.25) is 0 Å². The molecule has 158 valence electrons. The number of rotatable bonds is 8. The van der Waals surface area contributed by atoms with E-state index in [1.165, 1.54) is 11.8 Å². The molecule has 3 aromatic rings. The summed E-state index contributed by atoms with van der Waals surface area (Å²) in [6, 6.07) is 16.5. The molecule has 0 aliphatic rings. The van der Waals surface area contributed by atoms with Crippen molar-refractivity contribution in [1.29, 1.82) is 0 Å². The lowest BCUT2D eigenvalue weighted by Crippen LogP contribution is -2.30. The Morgan fingerprint density at radius 1 is 1.13 bits per heavy atom. The third kappa shape index (κ3) is 5.02. The van der Waals surface area contributed by atoms with Crippen molar-refractivity contribution in [2.75, 3.05) is 22.5 Å². The van der Waals surface area contributed by atoms with Crippen LogP contribution in [-0.2, 0) is 11.8 Å². The summed E-state index contributed by atoms with van der Waals surface area (Å²) in [5.41, 5.74) is 4.14. The van der Waals surface area contributed by atoms with E-state index in [0.29, 0.717) is 11.2 Å². The molecule has 6 nitrogen and oxygen atoms in total. The Balaban J connectivity index is 1.60. The second-order valence-corrected chi connectivity index (χ2v) is 8.39. The molecule has 0 unspecified atom stereocenters. The van der Waals surface area contributed by atoms with Crippen molar-refractivity contribution in [3.8, 4) is 11.4 Å². The van der Waals surface area contributed by atoms with Gasteiger partial charge in [0.2, 0.25) is 5.91 Å². The number of aryl methyl sites for hydroxylation is 1. The van der Waals surface area contributed by atoms with Gasteiger partial charge in [0.25, 0.3) is 0 Å². The monoisotopic (exact) mass is 423 g/mol. The van der Waals surface area contributed by atoms with Crippen molar-refractivity contribution < 1.29 is 4.79 Å². The highest BCUT2D eigenvalue weighted by atomic mass is 32.2. The summed E-state index contributed by atoms with van der Waals surface area (Å²) in [6.45, 7) is 9.49. The van der Waals surface area contributed by atoms with E-state index in [0.717, 1.165) is 34.9 Å². The van der Waals surface area contributed by atoms with Gasteiger partial charge >= 0.3 is 0 Å². The first-order chi connectivity index (χ1) is 14.4. The lowest BCUT2D eigenvalue weighted by atomic mass is 10.1. The van der Waals surface area contributed by atoms with Crippen LogP contribution in [0.5, 0.6) is 0 Å². The summed E-state index contributed by atoms with van der Waals surface area (Å²) in [7, 11) is 1.93. The van der Waals surface area contributed by atoms with Gasteiger partial charge in [0.15, 0.2) is 11.0 Å². The van der Waals surface area contributed by atoms with E-state index in [2.05, 4.69) is 54.2 Å². The van der Waals surface area contributed by atoms with Gasteiger partial charge in [-0.2, -0.15) is 0 Å². The van der Waals surface area contributed by atoms with E-state index in [4.69, 9.17) is 0 Å². The Kier molecular flexibility index (Phi) is 7.15. The Morgan fingerprint density at radius 2 is 1.83 bits per heavy atom. The fraction of sp³-hybridized carbons (Fsp3) is 0.348. The zero-order valence-corrected chi connectivity index (χ0v) is 19.0. The van der Waals surface area contributed by atoms with Crippen LogP contribution in [0.15, 0.2) is 53.7 Å². The highest BCUT2D eigenvalue weighted by molar-refractivity contribution is 7.99. The Morgan fingerprint density at radius 3 is 2.47 bits per heavy atom. The van der Waals surface area contributed by atoms with Crippen LogP contribution in [0.25, 0.3) is 11.4 Å². The molecule has 0 spiro atoms. The molecule has 1 aromatic heterocycles.